The molecule has 0 atom stereocenters. The highest BCUT2D eigenvalue weighted by Gasteiger charge is 2.08. The number of rotatable bonds is 4. The fourth-order valence-electron chi connectivity index (χ4n) is 0.747. The summed E-state index contributed by atoms with van der Waals surface area (Å²) in [4.78, 5) is 25.9. The Morgan fingerprint density at radius 2 is 1.76 bits per heavy atom. The van der Waals surface area contributed by atoms with Crippen molar-refractivity contribution in [1.82, 2.24) is 5.32 Å². The lowest BCUT2D eigenvalue weighted by molar-refractivity contribution is 0.151. The molecule has 0 aliphatic carbocycles. The molecule has 1 N–H and O–H groups in total. The number of nitrogens with zero attached hydrogens (tertiary/aromatic N) is 1. The van der Waals surface area contributed by atoms with Crippen LogP contribution < -0.4 is 5.32 Å². The molecule has 0 aromatic heterocycles. The zero-order valence-electron chi connectivity index (χ0n) is 10.3. The van der Waals surface area contributed by atoms with Gasteiger partial charge in [-0.3, -0.25) is 5.32 Å². The van der Waals surface area contributed by atoms with Crippen LogP contribution >= 0.6 is 11.8 Å². The van der Waals surface area contributed by atoms with Gasteiger partial charge in [-0.2, -0.15) is 4.99 Å². The van der Waals surface area contributed by atoms with Gasteiger partial charge in [0.25, 0.3) is 0 Å². The van der Waals surface area contributed by atoms with Gasteiger partial charge < -0.3 is 9.47 Å². The first-order chi connectivity index (χ1) is 8.13. The Bertz CT molecular complexity index is 281. The van der Waals surface area contributed by atoms with Gasteiger partial charge in [0.2, 0.25) is 0 Å². The monoisotopic (exact) mass is 262 g/mol. The maximum absolute atomic E-state index is 11.2. The van der Waals surface area contributed by atoms with Crippen molar-refractivity contribution in [1.29, 1.82) is 0 Å². The Labute approximate surface area is 105 Å². The number of carbonyl (C=O) groups is 2. The van der Waals surface area contributed by atoms with Gasteiger partial charge in [0.15, 0.2) is 5.17 Å². The van der Waals surface area contributed by atoms with Crippen LogP contribution in [-0.2, 0) is 9.47 Å². The molecule has 0 radical (unpaired) electrons. The van der Waals surface area contributed by atoms with Crippen LogP contribution in [0.5, 0.6) is 0 Å². The molecule has 7 heteroatoms. The van der Waals surface area contributed by atoms with E-state index in [0.717, 1.165) is 24.6 Å². The molecule has 0 fully saturated rings. The summed E-state index contributed by atoms with van der Waals surface area (Å²) >= 11 is 1.13. The highest BCUT2D eigenvalue weighted by molar-refractivity contribution is 8.13. The molecule has 2 amide bonds. The first-order valence-corrected chi connectivity index (χ1v) is 6.59. The van der Waals surface area contributed by atoms with Crippen LogP contribution in [0.25, 0.3) is 0 Å². The molecular weight excluding hydrogens is 244 g/mol. The maximum Gasteiger partial charge on any atom is 0.436 e. The van der Waals surface area contributed by atoms with Crippen LogP contribution in [0.4, 0.5) is 9.59 Å². The summed E-state index contributed by atoms with van der Waals surface area (Å²) in [7, 11) is 0. The van der Waals surface area contributed by atoms with Crippen molar-refractivity contribution < 1.29 is 19.1 Å². The quantitative estimate of drug-likeness (QED) is 0.621. The summed E-state index contributed by atoms with van der Waals surface area (Å²) < 4.78 is 9.54. The van der Waals surface area contributed by atoms with Crippen LogP contribution in [0.15, 0.2) is 4.99 Å². The molecule has 0 aliphatic rings. The van der Waals surface area contributed by atoms with Crippen LogP contribution in [0.2, 0.25) is 0 Å². The minimum atomic E-state index is -0.716. The number of ether oxygens (including phenoxy) is 2. The van der Waals surface area contributed by atoms with Gasteiger partial charge >= 0.3 is 12.2 Å². The standard InChI is InChI=1S/C10H18N2O4S/c1-4-6-15-9(13)11-8(17-3)12-10(14)16-7-5-2/h4-7H2,1-3H3,(H,11,12,13,14). The topological polar surface area (TPSA) is 77.0 Å². The second-order valence-electron chi connectivity index (χ2n) is 3.00. The van der Waals surface area contributed by atoms with Gasteiger partial charge in [0, 0.05) is 0 Å². The molecular formula is C10H18N2O4S. The van der Waals surface area contributed by atoms with Crippen molar-refractivity contribution in [2.24, 2.45) is 4.99 Å². The van der Waals surface area contributed by atoms with Crippen LogP contribution in [0.3, 0.4) is 0 Å². The van der Waals surface area contributed by atoms with E-state index in [9.17, 15) is 9.59 Å². The van der Waals surface area contributed by atoms with E-state index in [1.54, 1.807) is 6.26 Å². The molecule has 0 spiro atoms. The first-order valence-electron chi connectivity index (χ1n) is 5.37. The average Bonchev–Trinajstić information content (AvgIpc) is 2.32. The first kappa shape index (κ1) is 15.8. The fourth-order valence-corrected chi connectivity index (χ4v) is 1.10. The van der Waals surface area contributed by atoms with E-state index in [1.165, 1.54) is 0 Å². The second kappa shape index (κ2) is 9.95. The minimum Gasteiger partial charge on any atom is -0.449 e. The zero-order valence-corrected chi connectivity index (χ0v) is 11.1. The lowest BCUT2D eigenvalue weighted by Crippen LogP contribution is -2.30. The Morgan fingerprint density at radius 1 is 1.18 bits per heavy atom. The van der Waals surface area contributed by atoms with E-state index in [1.807, 2.05) is 13.8 Å². The highest BCUT2D eigenvalue weighted by Crippen LogP contribution is 1.98. The minimum absolute atomic E-state index is 0.159. The van der Waals surface area contributed by atoms with Crippen molar-refractivity contribution in [2.75, 3.05) is 19.5 Å². The van der Waals surface area contributed by atoms with Crippen molar-refractivity contribution in [3.05, 3.63) is 0 Å². The smallest absolute Gasteiger partial charge is 0.436 e. The van der Waals surface area contributed by atoms with Gasteiger partial charge in [0.1, 0.15) is 0 Å². The number of alkyl carbamates (subject to hydrolysis) is 1. The summed E-state index contributed by atoms with van der Waals surface area (Å²) in [5.41, 5.74) is 0. The van der Waals surface area contributed by atoms with Gasteiger partial charge in [-0.25, -0.2) is 9.59 Å². The Morgan fingerprint density at radius 3 is 2.29 bits per heavy atom. The fraction of sp³-hybridized carbons (Fsp3) is 0.700. The van der Waals surface area contributed by atoms with E-state index in [0.29, 0.717) is 13.2 Å². The van der Waals surface area contributed by atoms with E-state index < -0.39 is 12.2 Å². The predicted octanol–water partition coefficient (Wildman–Crippen LogP) is 2.39. The molecule has 17 heavy (non-hydrogen) atoms. The molecule has 0 aromatic carbocycles. The van der Waals surface area contributed by atoms with Crippen LogP contribution in [-0.4, -0.2) is 36.8 Å². The number of amides is 2. The number of aliphatic imine (C=N–C) groups is 1. The lowest BCUT2D eigenvalue weighted by Gasteiger charge is -2.06. The van der Waals surface area contributed by atoms with Crippen LogP contribution in [0, 0.1) is 0 Å². The number of carbonyl (C=O) groups excluding carboxylic acids is 2. The summed E-state index contributed by atoms with van der Waals surface area (Å²) in [6, 6.07) is 0. The molecule has 0 rings (SSSR count). The average molecular weight is 262 g/mol. The van der Waals surface area contributed by atoms with E-state index in [-0.39, 0.29) is 5.17 Å². The van der Waals surface area contributed by atoms with Crippen molar-refractivity contribution in [3.8, 4) is 0 Å². The molecule has 0 aromatic rings. The Balaban J connectivity index is 4.16. The van der Waals surface area contributed by atoms with Gasteiger partial charge in [-0.1, -0.05) is 25.6 Å². The summed E-state index contributed by atoms with van der Waals surface area (Å²) in [5, 5.41) is 2.52. The summed E-state index contributed by atoms with van der Waals surface area (Å²) in [6.07, 6.45) is 1.81. The van der Waals surface area contributed by atoms with Gasteiger partial charge in [-0.15, -0.1) is 0 Å². The lowest BCUT2D eigenvalue weighted by atomic mass is 10.5. The van der Waals surface area contributed by atoms with Crippen molar-refractivity contribution in [3.63, 3.8) is 0 Å². The third kappa shape index (κ3) is 8.56. The SMILES string of the molecule is CCCOC(=O)/N=C(/NC(=O)OCCC)SC. The van der Waals surface area contributed by atoms with Gasteiger partial charge in [0.05, 0.1) is 13.2 Å². The third-order valence-electron chi connectivity index (χ3n) is 1.46. The summed E-state index contributed by atoms with van der Waals surface area (Å²) in [5.74, 6) is 0. The normalized spacial score (nSPS) is 10.9. The zero-order chi connectivity index (χ0) is 13.1. The molecule has 98 valence electrons. The Hall–Kier alpha value is -1.24. The van der Waals surface area contributed by atoms with Crippen molar-refractivity contribution in [2.45, 2.75) is 26.7 Å². The maximum atomic E-state index is 11.2. The van der Waals surface area contributed by atoms with Crippen LogP contribution in [0.1, 0.15) is 26.7 Å². The van der Waals surface area contributed by atoms with Crippen molar-refractivity contribution >= 4 is 29.1 Å². The molecule has 0 saturated carbocycles. The third-order valence-corrected chi connectivity index (χ3v) is 2.04. The molecule has 0 bridgehead atoms. The molecule has 0 heterocycles. The van der Waals surface area contributed by atoms with Gasteiger partial charge in [-0.05, 0) is 19.1 Å². The number of hydrogen-bond acceptors (Lipinski definition) is 5. The number of hydrogen-bond donors (Lipinski definition) is 1. The highest BCUT2D eigenvalue weighted by atomic mass is 32.2. The molecule has 0 unspecified atom stereocenters. The number of amidine groups is 1. The second-order valence-corrected chi connectivity index (χ2v) is 3.79. The molecule has 6 nitrogen and oxygen atoms in total. The van der Waals surface area contributed by atoms with E-state index >= 15 is 0 Å². The molecule has 0 saturated heterocycles. The summed E-state index contributed by atoms with van der Waals surface area (Å²) in [6.45, 7) is 4.41. The predicted molar refractivity (Wildman–Crippen MR) is 67.4 cm³/mol. The van der Waals surface area contributed by atoms with E-state index in [4.69, 9.17) is 9.47 Å². The molecule has 0 aliphatic heterocycles. The number of thioether (sulfide) groups is 1. The Kier molecular flexibility index (Phi) is 9.22. The largest absolute Gasteiger partial charge is 0.449 e. The van der Waals surface area contributed by atoms with E-state index in [2.05, 4.69) is 10.3 Å². The number of nitrogens with one attached hydrogen (secondary N) is 1.